The Kier molecular flexibility index (Phi) is 4.81. The molecule has 5 heteroatoms. The maximum absolute atomic E-state index is 12.7. The summed E-state index contributed by atoms with van der Waals surface area (Å²) in [5.74, 6) is -1.09. The summed E-state index contributed by atoms with van der Waals surface area (Å²) in [5, 5.41) is 9.35. The molecule has 0 aliphatic carbocycles. The second-order valence-electron chi connectivity index (χ2n) is 5.11. The van der Waals surface area contributed by atoms with Gasteiger partial charge in [-0.25, -0.2) is 4.79 Å². The van der Waals surface area contributed by atoms with Gasteiger partial charge in [0.25, 0.3) is 5.91 Å². The van der Waals surface area contributed by atoms with E-state index in [1.54, 1.807) is 12.1 Å². The Hall–Kier alpha value is -1.36. The first-order valence-electron chi connectivity index (χ1n) is 6.81. The van der Waals surface area contributed by atoms with Crippen LogP contribution in [0.5, 0.6) is 0 Å². The van der Waals surface area contributed by atoms with Crippen molar-refractivity contribution in [1.82, 2.24) is 4.90 Å². The molecule has 0 aromatic heterocycles. The largest absolute Gasteiger partial charge is 0.480 e. The minimum Gasteiger partial charge on any atom is -0.480 e. The van der Waals surface area contributed by atoms with Crippen molar-refractivity contribution >= 4 is 27.8 Å². The Morgan fingerprint density at radius 3 is 2.75 bits per heavy atom. The third kappa shape index (κ3) is 3.03. The number of carboxylic acid groups (broad SMARTS) is 1. The molecular formula is C15H18BrNO3. The normalized spacial score (nSPS) is 19.5. The first kappa shape index (κ1) is 15.0. The number of carboxylic acids is 1. The molecule has 0 bridgehead atoms. The van der Waals surface area contributed by atoms with Crippen LogP contribution in [0, 0.1) is 6.92 Å². The molecule has 1 amide bonds. The molecule has 0 radical (unpaired) electrons. The van der Waals surface area contributed by atoms with Gasteiger partial charge in [0.15, 0.2) is 0 Å². The lowest BCUT2D eigenvalue weighted by atomic mass is 10.1. The maximum atomic E-state index is 12.7. The van der Waals surface area contributed by atoms with Crippen molar-refractivity contribution in [2.24, 2.45) is 0 Å². The van der Waals surface area contributed by atoms with Crippen LogP contribution in [-0.2, 0) is 4.79 Å². The molecule has 1 saturated heterocycles. The molecule has 1 aromatic carbocycles. The standard InChI is InChI=1S/C15H18BrNO3/c1-10-11(6-5-7-12(10)16)14(18)17-9-4-2-3-8-13(17)15(19)20/h5-7,13H,2-4,8-9H2,1H3,(H,19,20). The van der Waals surface area contributed by atoms with E-state index in [1.165, 1.54) is 4.90 Å². The zero-order valence-corrected chi connectivity index (χ0v) is 13.0. The van der Waals surface area contributed by atoms with Crippen molar-refractivity contribution < 1.29 is 14.7 Å². The molecule has 1 atom stereocenters. The fourth-order valence-corrected chi connectivity index (χ4v) is 2.97. The highest BCUT2D eigenvalue weighted by molar-refractivity contribution is 9.10. The summed E-state index contributed by atoms with van der Waals surface area (Å²) in [6.45, 7) is 2.38. The molecule has 1 aliphatic heterocycles. The van der Waals surface area contributed by atoms with Crippen LogP contribution in [0.15, 0.2) is 22.7 Å². The molecule has 1 aromatic rings. The van der Waals surface area contributed by atoms with Crippen LogP contribution in [0.3, 0.4) is 0 Å². The minimum absolute atomic E-state index is 0.182. The fourth-order valence-electron chi connectivity index (χ4n) is 2.60. The molecule has 0 spiro atoms. The van der Waals surface area contributed by atoms with E-state index in [1.807, 2.05) is 13.0 Å². The van der Waals surface area contributed by atoms with Crippen LogP contribution >= 0.6 is 15.9 Å². The molecule has 1 heterocycles. The lowest BCUT2D eigenvalue weighted by molar-refractivity contribution is -0.142. The topological polar surface area (TPSA) is 57.6 Å². The summed E-state index contributed by atoms with van der Waals surface area (Å²) in [4.78, 5) is 25.6. The number of rotatable bonds is 2. The molecule has 1 fully saturated rings. The Bertz CT molecular complexity index is 530. The number of halogens is 1. The average molecular weight is 340 g/mol. The quantitative estimate of drug-likeness (QED) is 0.899. The summed E-state index contributed by atoms with van der Waals surface area (Å²) in [6, 6.07) is 4.73. The third-order valence-corrected chi connectivity index (χ3v) is 4.66. The number of benzene rings is 1. The molecule has 2 rings (SSSR count). The van der Waals surface area contributed by atoms with Crippen molar-refractivity contribution in [1.29, 1.82) is 0 Å². The summed E-state index contributed by atoms with van der Waals surface area (Å²) in [6.07, 6.45) is 3.24. The number of hydrogen-bond acceptors (Lipinski definition) is 2. The second kappa shape index (κ2) is 6.39. The van der Waals surface area contributed by atoms with Gasteiger partial charge in [-0.05, 0) is 37.5 Å². The SMILES string of the molecule is Cc1c(Br)cccc1C(=O)N1CCCCCC1C(=O)O. The van der Waals surface area contributed by atoms with E-state index in [-0.39, 0.29) is 5.91 Å². The van der Waals surface area contributed by atoms with Crippen LogP contribution in [0.1, 0.15) is 41.6 Å². The molecule has 4 nitrogen and oxygen atoms in total. The van der Waals surface area contributed by atoms with Gasteiger partial charge in [-0.1, -0.05) is 34.8 Å². The Morgan fingerprint density at radius 1 is 1.30 bits per heavy atom. The highest BCUT2D eigenvalue weighted by atomic mass is 79.9. The zero-order chi connectivity index (χ0) is 14.7. The van der Waals surface area contributed by atoms with Crippen molar-refractivity contribution in [3.63, 3.8) is 0 Å². The van der Waals surface area contributed by atoms with Crippen LogP contribution in [0.25, 0.3) is 0 Å². The van der Waals surface area contributed by atoms with Gasteiger partial charge in [0.2, 0.25) is 0 Å². The Labute approximate surface area is 126 Å². The number of carbonyl (C=O) groups is 2. The predicted octanol–water partition coefficient (Wildman–Crippen LogP) is 3.23. The van der Waals surface area contributed by atoms with Gasteiger partial charge in [-0.3, -0.25) is 4.79 Å². The van der Waals surface area contributed by atoms with Crippen LogP contribution in [0.2, 0.25) is 0 Å². The van der Waals surface area contributed by atoms with E-state index in [4.69, 9.17) is 0 Å². The van der Waals surface area contributed by atoms with Gasteiger partial charge in [0.05, 0.1) is 0 Å². The monoisotopic (exact) mass is 339 g/mol. The number of nitrogens with zero attached hydrogens (tertiary/aromatic N) is 1. The Balaban J connectivity index is 2.33. The first-order valence-corrected chi connectivity index (χ1v) is 7.60. The number of amides is 1. The van der Waals surface area contributed by atoms with Gasteiger partial charge in [-0.15, -0.1) is 0 Å². The summed E-state index contributed by atoms with van der Waals surface area (Å²) in [7, 11) is 0. The van der Waals surface area contributed by atoms with Gasteiger partial charge < -0.3 is 10.0 Å². The smallest absolute Gasteiger partial charge is 0.326 e. The lowest BCUT2D eigenvalue weighted by Crippen LogP contribution is -2.44. The van der Waals surface area contributed by atoms with Crippen LogP contribution in [-0.4, -0.2) is 34.5 Å². The molecule has 0 saturated carbocycles. The van der Waals surface area contributed by atoms with Crippen LogP contribution in [0.4, 0.5) is 0 Å². The van der Waals surface area contributed by atoms with Crippen LogP contribution < -0.4 is 0 Å². The number of hydrogen-bond donors (Lipinski definition) is 1. The second-order valence-corrected chi connectivity index (χ2v) is 5.97. The molecule has 1 N–H and O–H groups in total. The lowest BCUT2D eigenvalue weighted by Gasteiger charge is -2.27. The van der Waals surface area contributed by atoms with E-state index in [0.717, 1.165) is 29.3 Å². The van der Waals surface area contributed by atoms with Crippen molar-refractivity contribution in [2.45, 2.75) is 38.6 Å². The van der Waals surface area contributed by atoms with Crippen molar-refractivity contribution in [2.75, 3.05) is 6.54 Å². The van der Waals surface area contributed by atoms with E-state index in [9.17, 15) is 14.7 Å². The number of likely N-dealkylation sites (tertiary alicyclic amines) is 1. The van der Waals surface area contributed by atoms with Crippen molar-refractivity contribution in [3.8, 4) is 0 Å². The van der Waals surface area contributed by atoms with E-state index in [2.05, 4.69) is 15.9 Å². The summed E-state index contributed by atoms with van der Waals surface area (Å²) >= 11 is 3.41. The highest BCUT2D eigenvalue weighted by Crippen LogP contribution is 2.24. The molecule has 20 heavy (non-hydrogen) atoms. The van der Waals surface area contributed by atoms with Gasteiger partial charge in [-0.2, -0.15) is 0 Å². The van der Waals surface area contributed by atoms with E-state index < -0.39 is 12.0 Å². The van der Waals surface area contributed by atoms with Gasteiger partial charge in [0.1, 0.15) is 6.04 Å². The Morgan fingerprint density at radius 2 is 2.05 bits per heavy atom. The fraction of sp³-hybridized carbons (Fsp3) is 0.467. The predicted molar refractivity (Wildman–Crippen MR) is 79.8 cm³/mol. The number of carbonyl (C=O) groups excluding carboxylic acids is 1. The first-order chi connectivity index (χ1) is 9.52. The van der Waals surface area contributed by atoms with Gasteiger partial charge >= 0.3 is 5.97 Å². The number of aliphatic carboxylic acids is 1. The van der Waals surface area contributed by atoms with Crippen molar-refractivity contribution in [3.05, 3.63) is 33.8 Å². The molecule has 108 valence electrons. The summed E-state index contributed by atoms with van der Waals surface area (Å²) in [5.41, 5.74) is 1.43. The summed E-state index contributed by atoms with van der Waals surface area (Å²) < 4.78 is 0.866. The highest BCUT2D eigenvalue weighted by Gasteiger charge is 2.31. The average Bonchev–Trinajstić information content (AvgIpc) is 2.66. The maximum Gasteiger partial charge on any atom is 0.326 e. The minimum atomic E-state index is -0.909. The zero-order valence-electron chi connectivity index (χ0n) is 11.4. The van der Waals surface area contributed by atoms with E-state index in [0.29, 0.717) is 18.5 Å². The molecule has 1 unspecified atom stereocenters. The van der Waals surface area contributed by atoms with Gasteiger partial charge in [0, 0.05) is 16.6 Å². The molecular weight excluding hydrogens is 322 g/mol. The third-order valence-electron chi connectivity index (χ3n) is 3.80. The molecule has 1 aliphatic rings. The van der Waals surface area contributed by atoms with E-state index >= 15 is 0 Å².